The highest BCUT2D eigenvalue weighted by Gasteiger charge is 2.30. The van der Waals surface area contributed by atoms with Crippen molar-refractivity contribution in [2.24, 2.45) is 5.92 Å². The van der Waals surface area contributed by atoms with Crippen LogP contribution in [0.4, 0.5) is 0 Å². The number of aromatic nitrogens is 2. The first-order valence-corrected chi connectivity index (χ1v) is 9.57. The minimum absolute atomic E-state index is 0. The average Bonchev–Trinajstić information content (AvgIpc) is 2.63. The second-order valence-corrected chi connectivity index (χ2v) is 7.98. The zero-order valence-corrected chi connectivity index (χ0v) is 15.8. The molecule has 1 aliphatic rings. The Hall–Kier alpha value is -1.54. The topological polar surface area (TPSA) is 75.2 Å². The Kier molecular flexibility index (Phi) is 6.89. The van der Waals surface area contributed by atoms with E-state index in [1.165, 1.54) is 12.4 Å². The fraction of sp³-hybridized carbons (Fsp3) is 0.412. The van der Waals surface area contributed by atoms with E-state index in [0.29, 0.717) is 24.8 Å². The van der Waals surface area contributed by atoms with Crippen molar-refractivity contribution < 1.29 is 8.42 Å². The Morgan fingerprint density at radius 3 is 2.52 bits per heavy atom. The Labute approximate surface area is 155 Å². The third-order valence-electron chi connectivity index (χ3n) is 4.27. The summed E-state index contributed by atoms with van der Waals surface area (Å²) >= 11 is 0. The molecule has 1 atom stereocenters. The highest BCUT2D eigenvalue weighted by molar-refractivity contribution is 7.89. The molecule has 1 N–H and O–H groups in total. The maximum atomic E-state index is 12.8. The quantitative estimate of drug-likeness (QED) is 0.857. The molecule has 1 saturated heterocycles. The molecule has 0 amide bonds. The molecule has 0 saturated carbocycles. The number of sulfonamides is 1. The molecule has 2 heterocycles. The van der Waals surface area contributed by atoms with E-state index in [4.69, 9.17) is 0 Å². The number of hydrogen-bond acceptors (Lipinski definition) is 5. The summed E-state index contributed by atoms with van der Waals surface area (Å²) in [4.78, 5) is 8.63. The number of benzene rings is 1. The van der Waals surface area contributed by atoms with E-state index in [2.05, 4.69) is 15.3 Å². The number of halogens is 1. The maximum absolute atomic E-state index is 12.8. The van der Waals surface area contributed by atoms with Crippen molar-refractivity contribution in [3.8, 4) is 11.4 Å². The molecule has 8 heteroatoms. The molecule has 25 heavy (non-hydrogen) atoms. The SMILES string of the molecule is CNCC1CCCN(S(=O)(=O)c2cnc(-c3ccccc3)nc2)C1.Cl. The van der Waals surface area contributed by atoms with Crippen molar-refractivity contribution in [1.29, 1.82) is 0 Å². The summed E-state index contributed by atoms with van der Waals surface area (Å²) < 4.78 is 27.2. The van der Waals surface area contributed by atoms with Crippen molar-refractivity contribution in [3.05, 3.63) is 42.7 Å². The Balaban J connectivity index is 0.00000225. The van der Waals surface area contributed by atoms with Gasteiger partial charge in [-0.05, 0) is 32.4 Å². The minimum atomic E-state index is -3.53. The fourth-order valence-electron chi connectivity index (χ4n) is 3.04. The Morgan fingerprint density at radius 2 is 1.88 bits per heavy atom. The molecule has 1 aromatic heterocycles. The van der Waals surface area contributed by atoms with Crippen molar-refractivity contribution in [1.82, 2.24) is 19.6 Å². The van der Waals surface area contributed by atoms with Crippen LogP contribution < -0.4 is 5.32 Å². The highest BCUT2D eigenvalue weighted by atomic mass is 35.5. The van der Waals surface area contributed by atoms with Crippen molar-refractivity contribution in [2.75, 3.05) is 26.7 Å². The van der Waals surface area contributed by atoms with Gasteiger partial charge in [-0.15, -0.1) is 12.4 Å². The largest absolute Gasteiger partial charge is 0.319 e. The second-order valence-electron chi connectivity index (χ2n) is 6.04. The van der Waals surface area contributed by atoms with E-state index in [9.17, 15) is 8.42 Å². The predicted octanol–water partition coefficient (Wildman–Crippen LogP) is 2.19. The van der Waals surface area contributed by atoms with Gasteiger partial charge in [-0.25, -0.2) is 18.4 Å². The van der Waals surface area contributed by atoms with Gasteiger partial charge in [0.05, 0.1) is 12.4 Å². The molecule has 136 valence electrons. The van der Waals surface area contributed by atoms with Crippen LogP contribution in [0.15, 0.2) is 47.6 Å². The lowest BCUT2D eigenvalue weighted by Gasteiger charge is -2.31. The van der Waals surface area contributed by atoms with Crippen LogP contribution in [0.3, 0.4) is 0 Å². The first-order chi connectivity index (χ1) is 11.6. The van der Waals surface area contributed by atoms with Crippen LogP contribution >= 0.6 is 12.4 Å². The van der Waals surface area contributed by atoms with Crippen molar-refractivity contribution in [3.63, 3.8) is 0 Å². The molecule has 6 nitrogen and oxygen atoms in total. The van der Waals surface area contributed by atoms with E-state index in [1.807, 2.05) is 37.4 Å². The van der Waals surface area contributed by atoms with Crippen LogP contribution in [-0.4, -0.2) is 49.4 Å². The van der Waals surface area contributed by atoms with Crippen molar-refractivity contribution in [2.45, 2.75) is 17.7 Å². The molecular weight excluding hydrogens is 360 g/mol. The molecular formula is C17H23ClN4O2S. The van der Waals surface area contributed by atoms with E-state index in [-0.39, 0.29) is 17.3 Å². The van der Waals surface area contributed by atoms with E-state index >= 15 is 0 Å². The molecule has 1 aliphatic heterocycles. The number of rotatable bonds is 5. The van der Waals surface area contributed by atoms with Crippen LogP contribution in [0.5, 0.6) is 0 Å². The molecule has 1 fully saturated rings. The first kappa shape index (κ1) is 19.8. The molecule has 0 radical (unpaired) electrons. The number of hydrogen-bond donors (Lipinski definition) is 1. The standard InChI is InChI=1S/C17H22N4O2S.ClH/c1-18-10-14-6-5-9-21(13-14)24(22,23)16-11-19-17(20-12-16)15-7-3-2-4-8-15;/h2-4,7-8,11-12,14,18H,5-6,9-10,13H2,1H3;1H. The smallest absolute Gasteiger partial charge is 0.246 e. The molecule has 0 spiro atoms. The van der Waals surface area contributed by atoms with Gasteiger partial charge in [-0.2, -0.15) is 4.31 Å². The van der Waals surface area contributed by atoms with Gasteiger partial charge in [0.25, 0.3) is 0 Å². The summed E-state index contributed by atoms with van der Waals surface area (Å²) in [5.41, 5.74) is 0.869. The van der Waals surface area contributed by atoms with E-state index < -0.39 is 10.0 Å². The lowest BCUT2D eigenvalue weighted by atomic mass is 10.00. The highest BCUT2D eigenvalue weighted by Crippen LogP contribution is 2.23. The minimum Gasteiger partial charge on any atom is -0.319 e. The lowest BCUT2D eigenvalue weighted by Crippen LogP contribution is -2.42. The van der Waals surface area contributed by atoms with Gasteiger partial charge in [0, 0.05) is 18.7 Å². The van der Waals surface area contributed by atoms with Gasteiger partial charge < -0.3 is 5.32 Å². The van der Waals surface area contributed by atoms with Gasteiger partial charge in [0.15, 0.2) is 5.82 Å². The molecule has 3 rings (SSSR count). The normalized spacial score (nSPS) is 18.5. The second kappa shape index (κ2) is 8.71. The summed E-state index contributed by atoms with van der Waals surface area (Å²) in [5, 5.41) is 3.13. The summed E-state index contributed by atoms with van der Waals surface area (Å²) in [6.45, 7) is 1.93. The molecule has 1 aromatic carbocycles. The van der Waals surface area contributed by atoms with Gasteiger partial charge in [-0.3, -0.25) is 0 Å². The fourth-order valence-corrected chi connectivity index (χ4v) is 4.48. The summed E-state index contributed by atoms with van der Waals surface area (Å²) in [6, 6.07) is 9.52. The van der Waals surface area contributed by atoms with E-state index in [0.717, 1.165) is 24.9 Å². The van der Waals surface area contributed by atoms with Gasteiger partial charge in [-0.1, -0.05) is 30.3 Å². The summed E-state index contributed by atoms with van der Waals surface area (Å²) in [7, 11) is -1.64. The molecule has 0 bridgehead atoms. The van der Waals surface area contributed by atoms with Crippen LogP contribution in [0, 0.1) is 5.92 Å². The first-order valence-electron chi connectivity index (χ1n) is 8.13. The lowest BCUT2D eigenvalue weighted by molar-refractivity contribution is 0.263. The summed E-state index contributed by atoms with van der Waals surface area (Å²) in [6.07, 6.45) is 4.75. The number of nitrogens with zero attached hydrogens (tertiary/aromatic N) is 3. The monoisotopic (exact) mass is 382 g/mol. The zero-order chi connectivity index (χ0) is 17.0. The maximum Gasteiger partial charge on any atom is 0.246 e. The van der Waals surface area contributed by atoms with Gasteiger partial charge >= 0.3 is 0 Å². The Morgan fingerprint density at radius 1 is 1.20 bits per heavy atom. The predicted molar refractivity (Wildman–Crippen MR) is 100 cm³/mol. The van der Waals surface area contributed by atoms with Crippen LogP contribution in [-0.2, 0) is 10.0 Å². The van der Waals surface area contributed by atoms with Gasteiger partial charge in [0.1, 0.15) is 4.90 Å². The van der Waals surface area contributed by atoms with Crippen LogP contribution in [0.1, 0.15) is 12.8 Å². The third-order valence-corrected chi connectivity index (χ3v) is 6.09. The van der Waals surface area contributed by atoms with Crippen LogP contribution in [0.2, 0.25) is 0 Å². The number of nitrogens with one attached hydrogen (secondary N) is 1. The zero-order valence-electron chi connectivity index (χ0n) is 14.1. The van der Waals surface area contributed by atoms with E-state index in [1.54, 1.807) is 4.31 Å². The van der Waals surface area contributed by atoms with Crippen LogP contribution in [0.25, 0.3) is 11.4 Å². The third kappa shape index (κ3) is 4.55. The molecule has 1 unspecified atom stereocenters. The number of piperidine rings is 1. The van der Waals surface area contributed by atoms with Gasteiger partial charge in [0.2, 0.25) is 10.0 Å². The average molecular weight is 383 g/mol. The summed E-state index contributed by atoms with van der Waals surface area (Å²) in [5.74, 6) is 0.879. The Bertz CT molecular complexity index is 767. The van der Waals surface area contributed by atoms with Crippen molar-refractivity contribution >= 4 is 22.4 Å². The molecule has 2 aromatic rings. The molecule has 0 aliphatic carbocycles.